The number of benzene rings is 1. The maximum Gasteiger partial charge on any atom is 0.0799 e. The molecule has 0 saturated carbocycles. The second-order valence-electron chi connectivity index (χ2n) is 7.08. The molecule has 1 N–H and O–H groups in total. The Morgan fingerprint density at radius 3 is 2.58 bits per heavy atom. The zero-order valence-electron chi connectivity index (χ0n) is 14.5. The Balaban J connectivity index is 1.84. The lowest BCUT2D eigenvalue weighted by molar-refractivity contribution is 0.156. The predicted molar refractivity (Wildman–Crippen MR) is 99.1 cm³/mol. The molecular formula is C21H25N3. The molecule has 1 saturated heterocycles. The number of pyridine rings is 1. The molecule has 0 bridgehead atoms. The van der Waals surface area contributed by atoms with Gasteiger partial charge in [0.1, 0.15) is 0 Å². The first-order valence-corrected chi connectivity index (χ1v) is 8.96. The van der Waals surface area contributed by atoms with Gasteiger partial charge in [0.25, 0.3) is 0 Å². The SMILES string of the molecule is Cc1[nH]c2ccccc2c1[C@@H](c1ccccn1)N1CCC(C)CC1. The molecule has 0 unspecified atom stereocenters. The number of fused-ring (bicyclic) bond motifs is 1. The van der Waals surface area contributed by atoms with Gasteiger partial charge in [0.15, 0.2) is 0 Å². The van der Waals surface area contributed by atoms with E-state index in [1.807, 2.05) is 12.3 Å². The van der Waals surface area contributed by atoms with Gasteiger partial charge >= 0.3 is 0 Å². The summed E-state index contributed by atoms with van der Waals surface area (Å²) in [6.45, 7) is 6.84. The van der Waals surface area contributed by atoms with Crippen LogP contribution >= 0.6 is 0 Å². The molecule has 1 aliphatic heterocycles. The number of likely N-dealkylation sites (tertiary alicyclic amines) is 1. The second kappa shape index (κ2) is 6.40. The molecule has 1 atom stereocenters. The van der Waals surface area contributed by atoms with E-state index in [0.717, 1.165) is 24.7 Å². The highest BCUT2D eigenvalue weighted by atomic mass is 15.2. The third-order valence-electron chi connectivity index (χ3n) is 5.37. The number of aromatic nitrogens is 2. The average molecular weight is 319 g/mol. The fourth-order valence-electron chi connectivity index (χ4n) is 3.99. The zero-order chi connectivity index (χ0) is 16.5. The van der Waals surface area contributed by atoms with Crippen LogP contribution in [0, 0.1) is 12.8 Å². The predicted octanol–water partition coefficient (Wildman–Crippen LogP) is 4.69. The zero-order valence-corrected chi connectivity index (χ0v) is 14.5. The number of H-pyrrole nitrogens is 1. The van der Waals surface area contributed by atoms with Crippen LogP contribution in [0.25, 0.3) is 10.9 Å². The van der Waals surface area contributed by atoms with E-state index in [-0.39, 0.29) is 6.04 Å². The van der Waals surface area contributed by atoms with Gasteiger partial charge in [0, 0.05) is 28.4 Å². The molecule has 1 fully saturated rings. The molecule has 3 heteroatoms. The number of nitrogens with zero attached hydrogens (tertiary/aromatic N) is 2. The lowest BCUT2D eigenvalue weighted by Crippen LogP contribution is -2.37. The van der Waals surface area contributed by atoms with Crippen LogP contribution in [0.15, 0.2) is 48.7 Å². The fourth-order valence-corrected chi connectivity index (χ4v) is 3.99. The Morgan fingerprint density at radius 1 is 1.08 bits per heavy atom. The molecule has 3 aromatic rings. The molecule has 0 amide bonds. The highest BCUT2D eigenvalue weighted by Gasteiger charge is 2.30. The van der Waals surface area contributed by atoms with Gasteiger partial charge < -0.3 is 4.98 Å². The summed E-state index contributed by atoms with van der Waals surface area (Å²) in [5.41, 5.74) is 5.01. The average Bonchev–Trinajstić information content (AvgIpc) is 2.94. The van der Waals surface area contributed by atoms with Crippen molar-refractivity contribution in [3.63, 3.8) is 0 Å². The first-order chi connectivity index (χ1) is 11.7. The lowest BCUT2D eigenvalue weighted by Gasteiger charge is -2.36. The van der Waals surface area contributed by atoms with Crippen molar-refractivity contribution < 1.29 is 0 Å². The van der Waals surface area contributed by atoms with Crippen LogP contribution in [0.2, 0.25) is 0 Å². The van der Waals surface area contributed by atoms with Crippen LogP contribution in [-0.4, -0.2) is 28.0 Å². The number of piperidine rings is 1. The molecule has 124 valence electrons. The van der Waals surface area contributed by atoms with Crippen molar-refractivity contribution in [2.45, 2.75) is 32.7 Å². The largest absolute Gasteiger partial charge is 0.358 e. The highest BCUT2D eigenvalue weighted by Crippen LogP contribution is 2.37. The van der Waals surface area contributed by atoms with Crippen LogP contribution < -0.4 is 0 Å². The van der Waals surface area contributed by atoms with Crippen molar-refractivity contribution in [3.05, 3.63) is 65.6 Å². The third kappa shape index (κ3) is 2.73. The standard InChI is InChI=1S/C21H25N3/c1-15-10-13-24(14-11-15)21(19-9-5-6-12-22-19)20-16(2)23-18-8-4-3-7-17(18)20/h3-9,12,15,21,23H,10-11,13-14H2,1-2H3/t21-/m1/s1. The van der Waals surface area contributed by atoms with E-state index in [2.05, 4.69) is 60.1 Å². The number of nitrogens with one attached hydrogen (secondary N) is 1. The van der Waals surface area contributed by atoms with Gasteiger partial charge in [-0.25, -0.2) is 0 Å². The van der Waals surface area contributed by atoms with E-state index in [9.17, 15) is 0 Å². The monoisotopic (exact) mass is 319 g/mol. The van der Waals surface area contributed by atoms with E-state index in [1.54, 1.807) is 0 Å². The molecule has 0 radical (unpaired) electrons. The molecule has 2 aromatic heterocycles. The number of rotatable bonds is 3. The Hall–Kier alpha value is -2.13. The molecule has 24 heavy (non-hydrogen) atoms. The molecule has 3 nitrogen and oxygen atoms in total. The van der Waals surface area contributed by atoms with Crippen molar-refractivity contribution in [3.8, 4) is 0 Å². The van der Waals surface area contributed by atoms with Gasteiger partial charge in [0.05, 0.1) is 11.7 Å². The maximum absolute atomic E-state index is 4.72. The molecule has 0 aliphatic carbocycles. The molecule has 1 aromatic carbocycles. The van der Waals surface area contributed by atoms with Crippen molar-refractivity contribution >= 4 is 10.9 Å². The van der Waals surface area contributed by atoms with Gasteiger partial charge in [-0.2, -0.15) is 0 Å². The van der Waals surface area contributed by atoms with E-state index in [0.29, 0.717) is 0 Å². The van der Waals surface area contributed by atoms with Crippen molar-refractivity contribution in [1.29, 1.82) is 0 Å². The van der Waals surface area contributed by atoms with Crippen molar-refractivity contribution in [1.82, 2.24) is 14.9 Å². The second-order valence-corrected chi connectivity index (χ2v) is 7.08. The molecule has 3 heterocycles. The number of aromatic amines is 1. The number of aryl methyl sites for hydroxylation is 1. The van der Waals surface area contributed by atoms with Gasteiger partial charge in [-0.1, -0.05) is 31.2 Å². The normalized spacial score (nSPS) is 18.1. The van der Waals surface area contributed by atoms with Crippen molar-refractivity contribution in [2.75, 3.05) is 13.1 Å². The maximum atomic E-state index is 4.72. The molecule has 4 rings (SSSR count). The minimum Gasteiger partial charge on any atom is -0.358 e. The minimum absolute atomic E-state index is 0.231. The van der Waals surface area contributed by atoms with Gasteiger partial charge in [-0.3, -0.25) is 9.88 Å². The summed E-state index contributed by atoms with van der Waals surface area (Å²) >= 11 is 0. The van der Waals surface area contributed by atoms with Gasteiger partial charge in [-0.05, 0) is 57.0 Å². The van der Waals surface area contributed by atoms with Crippen LogP contribution in [0.4, 0.5) is 0 Å². The number of hydrogen-bond donors (Lipinski definition) is 1. The molecular weight excluding hydrogens is 294 g/mol. The lowest BCUT2D eigenvalue weighted by atomic mass is 9.93. The van der Waals surface area contributed by atoms with Crippen LogP contribution in [0.3, 0.4) is 0 Å². The van der Waals surface area contributed by atoms with Crippen molar-refractivity contribution in [2.24, 2.45) is 5.92 Å². The van der Waals surface area contributed by atoms with Crippen LogP contribution in [-0.2, 0) is 0 Å². The topological polar surface area (TPSA) is 31.9 Å². The van der Waals surface area contributed by atoms with Crippen LogP contribution in [0.1, 0.15) is 42.8 Å². The first kappa shape index (κ1) is 15.4. The fraction of sp³-hybridized carbons (Fsp3) is 0.381. The summed E-state index contributed by atoms with van der Waals surface area (Å²) in [4.78, 5) is 10.9. The quantitative estimate of drug-likeness (QED) is 0.759. The first-order valence-electron chi connectivity index (χ1n) is 8.96. The van der Waals surface area contributed by atoms with E-state index < -0.39 is 0 Å². The minimum atomic E-state index is 0.231. The Kier molecular flexibility index (Phi) is 4.11. The third-order valence-corrected chi connectivity index (χ3v) is 5.37. The Labute approximate surface area is 143 Å². The number of para-hydroxylation sites is 1. The van der Waals surface area contributed by atoms with Gasteiger partial charge in [-0.15, -0.1) is 0 Å². The van der Waals surface area contributed by atoms with E-state index in [1.165, 1.54) is 35.0 Å². The van der Waals surface area contributed by atoms with Gasteiger partial charge in [0.2, 0.25) is 0 Å². The van der Waals surface area contributed by atoms with E-state index in [4.69, 9.17) is 4.98 Å². The summed E-state index contributed by atoms with van der Waals surface area (Å²) in [6, 6.07) is 15.1. The van der Waals surface area contributed by atoms with Crippen LogP contribution in [0.5, 0.6) is 0 Å². The Morgan fingerprint density at radius 2 is 1.83 bits per heavy atom. The number of hydrogen-bond acceptors (Lipinski definition) is 2. The smallest absolute Gasteiger partial charge is 0.0799 e. The summed E-state index contributed by atoms with van der Waals surface area (Å²) in [7, 11) is 0. The summed E-state index contributed by atoms with van der Waals surface area (Å²) in [5.74, 6) is 0.828. The highest BCUT2D eigenvalue weighted by molar-refractivity contribution is 5.85. The summed E-state index contributed by atoms with van der Waals surface area (Å²) in [6.07, 6.45) is 4.45. The summed E-state index contributed by atoms with van der Waals surface area (Å²) in [5, 5.41) is 1.32. The van der Waals surface area contributed by atoms with E-state index >= 15 is 0 Å². The molecule has 1 aliphatic rings. The molecule has 0 spiro atoms. The Bertz CT molecular complexity index is 813. The summed E-state index contributed by atoms with van der Waals surface area (Å²) < 4.78 is 0.